The molecule has 148 valence electrons. The average Bonchev–Trinajstić information content (AvgIpc) is 2.74. The fraction of sp³-hybridized carbons (Fsp3) is 0.0500. The molecule has 0 aliphatic carbocycles. The maximum atomic E-state index is 13.0. The molecule has 9 heteroatoms. The minimum atomic E-state index is -4.08. The first kappa shape index (κ1) is 20.0. The molecule has 3 aromatic rings. The van der Waals surface area contributed by atoms with Crippen LogP contribution in [0, 0.1) is 10.1 Å². The number of ether oxygens (including phenoxy) is 1. The number of hydrogen-bond acceptors (Lipinski definition) is 6. The number of carbonyl (C=O) groups is 1. The summed E-state index contributed by atoms with van der Waals surface area (Å²) in [5, 5.41) is 13.4. The van der Waals surface area contributed by atoms with Gasteiger partial charge >= 0.3 is 0 Å². The maximum absolute atomic E-state index is 13.0. The topological polar surface area (TPSA) is 116 Å². The van der Waals surface area contributed by atoms with Crippen LogP contribution in [0.2, 0.25) is 0 Å². The zero-order chi connectivity index (χ0) is 21.0. The molecule has 0 atom stereocenters. The molecule has 0 radical (unpaired) electrons. The Hall–Kier alpha value is -3.72. The first-order valence-corrected chi connectivity index (χ1v) is 9.86. The van der Waals surface area contributed by atoms with Gasteiger partial charge in [0.25, 0.3) is 11.6 Å². The molecule has 0 aliphatic rings. The second-order valence-electron chi connectivity index (χ2n) is 5.91. The van der Waals surface area contributed by atoms with Gasteiger partial charge in [0.2, 0.25) is 9.84 Å². The van der Waals surface area contributed by atoms with Crippen LogP contribution in [0.1, 0.15) is 10.4 Å². The van der Waals surface area contributed by atoms with Crippen LogP contribution in [0.5, 0.6) is 5.75 Å². The summed E-state index contributed by atoms with van der Waals surface area (Å²) in [6.45, 7) is 0. The van der Waals surface area contributed by atoms with E-state index in [0.29, 0.717) is 11.4 Å². The van der Waals surface area contributed by atoms with Crippen LogP contribution in [0.3, 0.4) is 0 Å². The first-order chi connectivity index (χ1) is 13.8. The van der Waals surface area contributed by atoms with Crippen LogP contribution in [0.4, 0.5) is 11.4 Å². The van der Waals surface area contributed by atoms with Gasteiger partial charge < -0.3 is 10.1 Å². The van der Waals surface area contributed by atoms with E-state index in [1.165, 1.54) is 25.3 Å². The van der Waals surface area contributed by atoms with Crippen molar-refractivity contribution in [1.82, 2.24) is 0 Å². The number of non-ortho nitro benzene ring substituents is 1. The Morgan fingerprint density at radius 2 is 1.59 bits per heavy atom. The van der Waals surface area contributed by atoms with Gasteiger partial charge in [-0.1, -0.05) is 24.3 Å². The fourth-order valence-electron chi connectivity index (χ4n) is 2.70. The van der Waals surface area contributed by atoms with Crippen molar-refractivity contribution in [2.75, 3.05) is 12.4 Å². The predicted octanol–water partition coefficient (Wildman–Crippen LogP) is 3.69. The van der Waals surface area contributed by atoms with E-state index in [9.17, 15) is 23.3 Å². The van der Waals surface area contributed by atoms with Gasteiger partial charge in [-0.15, -0.1) is 0 Å². The molecule has 8 nitrogen and oxygen atoms in total. The molecule has 0 aromatic heterocycles. The van der Waals surface area contributed by atoms with Crippen molar-refractivity contribution in [1.29, 1.82) is 0 Å². The summed E-state index contributed by atoms with van der Waals surface area (Å²) in [7, 11) is -2.62. The van der Waals surface area contributed by atoms with E-state index in [-0.39, 0.29) is 21.0 Å². The highest BCUT2D eigenvalue weighted by Crippen LogP contribution is 2.28. The molecule has 0 fully saturated rings. The molecule has 1 amide bonds. The molecule has 0 aliphatic heterocycles. The summed E-state index contributed by atoms with van der Waals surface area (Å²) in [5.74, 6) is -0.202. The molecule has 0 bridgehead atoms. The van der Waals surface area contributed by atoms with E-state index >= 15 is 0 Å². The fourth-order valence-corrected chi connectivity index (χ4v) is 4.16. The first-order valence-electron chi connectivity index (χ1n) is 8.37. The van der Waals surface area contributed by atoms with Crippen LogP contribution in [0.15, 0.2) is 82.6 Å². The number of amides is 1. The zero-order valence-corrected chi connectivity index (χ0v) is 16.0. The smallest absolute Gasteiger partial charge is 0.269 e. The van der Waals surface area contributed by atoms with Gasteiger partial charge in [0, 0.05) is 12.1 Å². The van der Waals surface area contributed by atoms with Gasteiger partial charge in [-0.25, -0.2) is 8.42 Å². The highest BCUT2D eigenvalue weighted by atomic mass is 32.2. The summed E-state index contributed by atoms with van der Waals surface area (Å²) in [4.78, 5) is 22.6. The molecule has 0 heterocycles. The van der Waals surface area contributed by atoms with E-state index in [1.807, 2.05) is 0 Å². The van der Waals surface area contributed by atoms with Gasteiger partial charge in [0.05, 0.1) is 33.1 Å². The van der Waals surface area contributed by atoms with E-state index < -0.39 is 20.7 Å². The number of rotatable bonds is 6. The van der Waals surface area contributed by atoms with Crippen LogP contribution < -0.4 is 10.1 Å². The lowest BCUT2D eigenvalue weighted by Crippen LogP contribution is -2.17. The number of benzene rings is 3. The van der Waals surface area contributed by atoms with Crippen LogP contribution in [-0.4, -0.2) is 26.4 Å². The zero-order valence-electron chi connectivity index (χ0n) is 15.2. The van der Waals surface area contributed by atoms with Crippen molar-refractivity contribution in [2.45, 2.75) is 9.79 Å². The van der Waals surface area contributed by atoms with E-state index in [1.54, 1.807) is 30.3 Å². The molecule has 0 saturated heterocycles. The SMILES string of the molecule is COc1ccccc1NC(=O)c1ccccc1S(=O)(=O)c1ccc([N+](=O)[O-])cc1. The normalized spacial score (nSPS) is 10.9. The Balaban J connectivity index is 1.99. The van der Waals surface area contributed by atoms with Crippen molar-refractivity contribution in [3.05, 3.63) is 88.5 Å². The van der Waals surface area contributed by atoms with Crippen molar-refractivity contribution < 1.29 is 22.9 Å². The van der Waals surface area contributed by atoms with E-state index in [2.05, 4.69) is 5.32 Å². The lowest BCUT2D eigenvalue weighted by atomic mass is 10.2. The average molecular weight is 412 g/mol. The summed E-state index contributed by atoms with van der Waals surface area (Å²) >= 11 is 0. The van der Waals surface area contributed by atoms with E-state index in [0.717, 1.165) is 24.3 Å². The number of nitro benzene ring substituents is 1. The van der Waals surface area contributed by atoms with Gasteiger partial charge in [-0.3, -0.25) is 14.9 Å². The molecule has 0 unspecified atom stereocenters. The Bertz CT molecular complexity index is 1170. The number of hydrogen-bond donors (Lipinski definition) is 1. The molecule has 29 heavy (non-hydrogen) atoms. The molecule has 0 spiro atoms. The van der Waals surface area contributed by atoms with Crippen LogP contribution in [0.25, 0.3) is 0 Å². The quantitative estimate of drug-likeness (QED) is 0.488. The van der Waals surface area contributed by atoms with Gasteiger partial charge in [0.15, 0.2) is 0 Å². The van der Waals surface area contributed by atoms with Crippen molar-refractivity contribution in [3.8, 4) is 5.75 Å². The van der Waals surface area contributed by atoms with Gasteiger partial charge in [-0.05, 0) is 36.4 Å². The number of methoxy groups -OCH3 is 1. The third-order valence-electron chi connectivity index (χ3n) is 4.13. The lowest BCUT2D eigenvalue weighted by molar-refractivity contribution is -0.384. The standard InChI is InChI=1S/C20H16N2O6S/c1-28-18-8-4-3-7-17(18)21-20(23)16-6-2-5-9-19(16)29(26,27)15-12-10-14(11-13-15)22(24)25/h2-13H,1H3,(H,21,23). The predicted molar refractivity (Wildman–Crippen MR) is 106 cm³/mol. The van der Waals surface area contributed by atoms with Crippen LogP contribution >= 0.6 is 0 Å². The summed E-state index contributed by atoms with van der Waals surface area (Å²) in [6, 6.07) is 17.0. The Morgan fingerprint density at radius 1 is 0.966 bits per heavy atom. The molecule has 1 N–H and O–H groups in total. The Kier molecular flexibility index (Phi) is 5.60. The number of para-hydroxylation sites is 2. The highest BCUT2D eigenvalue weighted by Gasteiger charge is 2.25. The number of carbonyl (C=O) groups excluding carboxylic acids is 1. The lowest BCUT2D eigenvalue weighted by Gasteiger charge is -2.13. The van der Waals surface area contributed by atoms with Crippen molar-refractivity contribution in [3.63, 3.8) is 0 Å². The van der Waals surface area contributed by atoms with Gasteiger partial charge in [0.1, 0.15) is 5.75 Å². The monoisotopic (exact) mass is 412 g/mol. The Morgan fingerprint density at radius 3 is 2.24 bits per heavy atom. The highest BCUT2D eigenvalue weighted by molar-refractivity contribution is 7.91. The molecule has 3 aromatic carbocycles. The third-order valence-corrected chi connectivity index (χ3v) is 5.96. The Labute approximate surface area is 166 Å². The van der Waals surface area contributed by atoms with Crippen molar-refractivity contribution >= 4 is 27.1 Å². The summed E-state index contributed by atoms with van der Waals surface area (Å²) < 4.78 is 31.3. The molecular formula is C20H16N2O6S. The minimum absolute atomic E-state index is 0.0586. The summed E-state index contributed by atoms with van der Waals surface area (Å²) in [6.07, 6.45) is 0. The summed E-state index contributed by atoms with van der Waals surface area (Å²) in [5.41, 5.74) is 0.102. The number of nitro groups is 1. The number of anilines is 1. The number of nitrogens with one attached hydrogen (secondary N) is 1. The number of sulfone groups is 1. The third kappa shape index (κ3) is 4.09. The molecular weight excluding hydrogens is 396 g/mol. The van der Waals surface area contributed by atoms with Gasteiger partial charge in [-0.2, -0.15) is 0 Å². The second-order valence-corrected chi connectivity index (χ2v) is 7.82. The maximum Gasteiger partial charge on any atom is 0.269 e. The van der Waals surface area contributed by atoms with Crippen LogP contribution in [-0.2, 0) is 9.84 Å². The molecule has 0 saturated carbocycles. The van der Waals surface area contributed by atoms with E-state index in [4.69, 9.17) is 4.74 Å². The minimum Gasteiger partial charge on any atom is -0.495 e. The number of nitrogens with zero attached hydrogens (tertiary/aromatic N) is 1. The van der Waals surface area contributed by atoms with Crippen molar-refractivity contribution in [2.24, 2.45) is 0 Å². The second kappa shape index (κ2) is 8.11. The largest absolute Gasteiger partial charge is 0.495 e. The molecule has 3 rings (SSSR count).